The number of carbonyl (C=O) groups excluding carboxylic acids is 1. The molecule has 1 atom stereocenters. The topological polar surface area (TPSA) is 130 Å². The first-order valence-corrected chi connectivity index (χ1v) is 7.97. The molecule has 2 aromatic rings. The standard InChI is InChI=1S/C12H17N5O4S/c1-6-5-10(16-21-6)13-12(18)9(4)17-22(19,20)11-7(2)14-15-8(11)3/h5,9,17H,1-4H3,(H,14,15)(H,13,16,18)/t9-/m1/s1. The molecule has 0 aliphatic rings. The Balaban J connectivity index is 2.10. The zero-order valence-electron chi connectivity index (χ0n) is 12.6. The molecule has 0 aliphatic heterocycles. The van der Waals surface area contributed by atoms with E-state index in [1.807, 2.05) is 0 Å². The Kier molecular flexibility index (Phi) is 4.33. The van der Waals surface area contributed by atoms with Crippen molar-refractivity contribution in [1.82, 2.24) is 20.1 Å². The zero-order valence-corrected chi connectivity index (χ0v) is 13.4. The van der Waals surface area contributed by atoms with E-state index in [0.717, 1.165) is 0 Å². The molecule has 2 rings (SSSR count). The second-order valence-corrected chi connectivity index (χ2v) is 6.57. The van der Waals surface area contributed by atoms with E-state index in [1.165, 1.54) is 13.0 Å². The summed E-state index contributed by atoms with van der Waals surface area (Å²) in [6.45, 7) is 6.28. The van der Waals surface area contributed by atoms with Crippen molar-refractivity contribution in [3.63, 3.8) is 0 Å². The number of hydrogen-bond donors (Lipinski definition) is 3. The normalized spacial score (nSPS) is 13.1. The summed E-state index contributed by atoms with van der Waals surface area (Å²) in [5, 5.41) is 12.5. The second kappa shape index (κ2) is 5.89. The third-order valence-corrected chi connectivity index (χ3v) is 4.74. The average molecular weight is 327 g/mol. The van der Waals surface area contributed by atoms with Crippen LogP contribution < -0.4 is 10.0 Å². The van der Waals surface area contributed by atoms with Gasteiger partial charge in [-0.05, 0) is 27.7 Å². The minimum absolute atomic E-state index is 0.0458. The number of aryl methyl sites for hydroxylation is 3. The van der Waals surface area contributed by atoms with Gasteiger partial charge in [-0.1, -0.05) is 5.16 Å². The summed E-state index contributed by atoms with van der Waals surface area (Å²) in [5.74, 6) is 0.216. The van der Waals surface area contributed by atoms with Gasteiger partial charge in [0, 0.05) is 6.07 Å². The maximum atomic E-state index is 12.3. The summed E-state index contributed by atoms with van der Waals surface area (Å²) in [7, 11) is -3.86. The molecule has 9 nitrogen and oxygen atoms in total. The van der Waals surface area contributed by atoms with Crippen LogP contribution in [0.15, 0.2) is 15.5 Å². The molecule has 0 radical (unpaired) electrons. The van der Waals surface area contributed by atoms with Gasteiger partial charge >= 0.3 is 0 Å². The van der Waals surface area contributed by atoms with Gasteiger partial charge in [0.05, 0.1) is 17.4 Å². The molecular formula is C12H17N5O4S. The first-order valence-electron chi connectivity index (χ1n) is 6.49. The maximum absolute atomic E-state index is 12.3. The lowest BCUT2D eigenvalue weighted by Gasteiger charge is -2.13. The molecule has 0 unspecified atom stereocenters. The highest BCUT2D eigenvalue weighted by atomic mass is 32.2. The van der Waals surface area contributed by atoms with Crippen molar-refractivity contribution < 1.29 is 17.7 Å². The van der Waals surface area contributed by atoms with Gasteiger partial charge in [-0.25, -0.2) is 8.42 Å². The number of sulfonamides is 1. The Labute approximate surface area is 127 Å². The van der Waals surface area contributed by atoms with E-state index in [4.69, 9.17) is 4.52 Å². The molecule has 2 aromatic heterocycles. The van der Waals surface area contributed by atoms with Crippen LogP contribution in [0, 0.1) is 20.8 Å². The van der Waals surface area contributed by atoms with Crippen molar-refractivity contribution in [2.24, 2.45) is 0 Å². The van der Waals surface area contributed by atoms with Crippen LogP contribution in [-0.4, -0.2) is 35.7 Å². The van der Waals surface area contributed by atoms with Crippen molar-refractivity contribution in [3.8, 4) is 0 Å². The number of H-pyrrole nitrogens is 1. The number of hydrogen-bond acceptors (Lipinski definition) is 6. The lowest BCUT2D eigenvalue weighted by atomic mass is 10.3. The highest BCUT2D eigenvalue weighted by Gasteiger charge is 2.27. The van der Waals surface area contributed by atoms with E-state index in [2.05, 4.69) is 25.4 Å². The van der Waals surface area contributed by atoms with E-state index < -0.39 is 22.0 Å². The number of nitrogens with zero attached hydrogens (tertiary/aromatic N) is 2. The number of carbonyl (C=O) groups is 1. The number of aromatic nitrogens is 3. The Bertz CT molecular complexity index is 773. The lowest BCUT2D eigenvalue weighted by molar-refractivity contribution is -0.117. The quantitative estimate of drug-likeness (QED) is 0.738. The molecule has 1 amide bonds. The van der Waals surface area contributed by atoms with Gasteiger partial charge in [0.15, 0.2) is 5.82 Å². The van der Waals surface area contributed by atoms with E-state index >= 15 is 0 Å². The average Bonchev–Trinajstić information content (AvgIpc) is 2.95. The number of rotatable bonds is 5. The van der Waals surface area contributed by atoms with Crippen LogP contribution in [0.25, 0.3) is 0 Å². The molecule has 3 N–H and O–H groups in total. The molecule has 0 aliphatic carbocycles. The van der Waals surface area contributed by atoms with Crippen LogP contribution >= 0.6 is 0 Å². The van der Waals surface area contributed by atoms with Crippen LogP contribution in [0.4, 0.5) is 5.82 Å². The van der Waals surface area contributed by atoms with Crippen molar-refractivity contribution in [2.45, 2.75) is 38.6 Å². The van der Waals surface area contributed by atoms with E-state index in [0.29, 0.717) is 17.1 Å². The van der Waals surface area contributed by atoms with Crippen LogP contribution in [0.5, 0.6) is 0 Å². The van der Waals surface area contributed by atoms with Crippen molar-refractivity contribution in [3.05, 3.63) is 23.2 Å². The second-order valence-electron chi connectivity index (χ2n) is 4.92. The number of amides is 1. The molecule has 0 saturated carbocycles. The fourth-order valence-electron chi connectivity index (χ4n) is 1.94. The van der Waals surface area contributed by atoms with Gasteiger partial charge in [-0.2, -0.15) is 9.82 Å². The summed E-state index contributed by atoms with van der Waals surface area (Å²) in [4.78, 5) is 12.0. The van der Waals surface area contributed by atoms with Gasteiger partial charge in [-0.15, -0.1) is 0 Å². The minimum atomic E-state index is -3.86. The van der Waals surface area contributed by atoms with Gasteiger partial charge in [0.25, 0.3) is 0 Å². The summed E-state index contributed by atoms with van der Waals surface area (Å²) in [6, 6.07) is 0.541. The van der Waals surface area contributed by atoms with Crippen LogP contribution in [-0.2, 0) is 14.8 Å². The molecule has 0 saturated heterocycles. The molecular weight excluding hydrogens is 310 g/mol. The first-order chi connectivity index (χ1) is 10.2. The third kappa shape index (κ3) is 3.34. The summed E-state index contributed by atoms with van der Waals surface area (Å²) < 4.78 is 31.8. The van der Waals surface area contributed by atoms with Crippen molar-refractivity contribution >= 4 is 21.7 Å². The SMILES string of the molecule is Cc1cc(NC(=O)[C@@H](C)NS(=O)(=O)c2c(C)n[nH]c2C)no1. The molecule has 2 heterocycles. The van der Waals surface area contributed by atoms with E-state index in [9.17, 15) is 13.2 Å². The molecule has 10 heteroatoms. The van der Waals surface area contributed by atoms with Crippen molar-refractivity contribution in [1.29, 1.82) is 0 Å². The number of aromatic amines is 1. The number of nitrogens with one attached hydrogen (secondary N) is 3. The fourth-order valence-corrected chi connectivity index (χ4v) is 3.52. The van der Waals surface area contributed by atoms with E-state index in [1.54, 1.807) is 20.8 Å². The molecule has 0 aromatic carbocycles. The highest BCUT2D eigenvalue weighted by molar-refractivity contribution is 7.89. The van der Waals surface area contributed by atoms with Gasteiger partial charge in [0.1, 0.15) is 10.7 Å². The predicted octanol–water partition coefficient (Wildman–Crippen LogP) is 0.628. The van der Waals surface area contributed by atoms with Gasteiger partial charge in [-0.3, -0.25) is 9.89 Å². The predicted molar refractivity (Wildman–Crippen MR) is 77.7 cm³/mol. The Morgan fingerprint density at radius 3 is 2.55 bits per heavy atom. The summed E-state index contributed by atoms with van der Waals surface area (Å²) in [6.07, 6.45) is 0. The van der Waals surface area contributed by atoms with Gasteiger partial charge < -0.3 is 9.84 Å². The minimum Gasteiger partial charge on any atom is -0.360 e. The molecule has 0 spiro atoms. The van der Waals surface area contributed by atoms with E-state index in [-0.39, 0.29) is 10.7 Å². The van der Waals surface area contributed by atoms with Crippen LogP contribution in [0.3, 0.4) is 0 Å². The van der Waals surface area contributed by atoms with Crippen molar-refractivity contribution in [2.75, 3.05) is 5.32 Å². The Morgan fingerprint density at radius 1 is 1.36 bits per heavy atom. The summed E-state index contributed by atoms with van der Waals surface area (Å²) in [5.41, 5.74) is 0.745. The molecule has 0 bridgehead atoms. The molecule has 0 fully saturated rings. The Morgan fingerprint density at radius 2 is 2.05 bits per heavy atom. The fraction of sp³-hybridized carbons (Fsp3) is 0.417. The molecule has 22 heavy (non-hydrogen) atoms. The summed E-state index contributed by atoms with van der Waals surface area (Å²) >= 11 is 0. The Hall–Kier alpha value is -2.20. The largest absolute Gasteiger partial charge is 0.360 e. The van der Waals surface area contributed by atoms with Crippen LogP contribution in [0.2, 0.25) is 0 Å². The first kappa shape index (κ1) is 16.2. The zero-order chi connectivity index (χ0) is 16.5. The molecule has 120 valence electrons. The maximum Gasteiger partial charge on any atom is 0.244 e. The lowest BCUT2D eigenvalue weighted by Crippen LogP contribution is -2.41. The monoisotopic (exact) mass is 327 g/mol. The number of anilines is 1. The van der Waals surface area contributed by atoms with Gasteiger partial charge in [0.2, 0.25) is 15.9 Å². The smallest absolute Gasteiger partial charge is 0.244 e. The third-order valence-electron chi connectivity index (χ3n) is 2.93. The van der Waals surface area contributed by atoms with Crippen LogP contribution in [0.1, 0.15) is 24.1 Å². The highest BCUT2D eigenvalue weighted by Crippen LogP contribution is 2.17.